The first-order chi connectivity index (χ1) is 12.3. The Kier molecular flexibility index (Phi) is 6.04. The molecular weight excluding hydrogens is 318 g/mol. The fraction of sp³-hybridized carbons (Fsp3) is 0.474. The second-order valence-corrected chi connectivity index (χ2v) is 6.21. The van der Waals surface area contributed by atoms with Gasteiger partial charge in [-0.3, -0.25) is 4.79 Å². The largest absolute Gasteiger partial charge is 0.378 e. The van der Waals surface area contributed by atoms with Crippen LogP contribution in [0.4, 0.5) is 5.69 Å². The Morgan fingerprint density at radius 3 is 2.68 bits per heavy atom. The van der Waals surface area contributed by atoms with E-state index in [0.717, 1.165) is 57.0 Å². The molecule has 132 valence electrons. The fourth-order valence-electron chi connectivity index (χ4n) is 3.03. The number of anilines is 1. The molecule has 1 aromatic carbocycles. The summed E-state index contributed by atoms with van der Waals surface area (Å²) in [5.41, 5.74) is 2.07. The van der Waals surface area contributed by atoms with Crippen molar-refractivity contribution in [2.45, 2.75) is 18.9 Å². The minimum absolute atomic E-state index is 0.0664. The van der Waals surface area contributed by atoms with Crippen LogP contribution in [0, 0.1) is 11.3 Å². The van der Waals surface area contributed by atoms with E-state index >= 15 is 0 Å². The lowest BCUT2D eigenvalue weighted by atomic mass is 10.1. The van der Waals surface area contributed by atoms with Crippen molar-refractivity contribution in [3.05, 3.63) is 35.4 Å². The van der Waals surface area contributed by atoms with E-state index in [9.17, 15) is 10.1 Å². The van der Waals surface area contributed by atoms with Gasteiger partial charge in [-0.05, 0) is 36.6 Å². The molecule has 2 saturated heterocycles. The van der Waals surface area contributed by atoms with Gasteiger partial charge in [0, 0.05) is 31.9 Å². The molecule has 0 spiro atoms. The average Bonchev–Trinajstić information content (AvgIpc) is 3.19. The SMILES string of the molecule is N#C/C(=C\c1ccc(N2CCOCC2)cc1)C(=O)NC[C@H]1CCCO1. The Hall–Kier alpha value is -2.36. The lowest BCUT2D eigenvalue weighted by Gasteiger charge is -2.28. The molecule has 0 bridgehead atoms. The van der Waals surface area contributed by atoms with Crippen LogP contribution in [-0.2, 0) is 14.3 Å². The van der Waals surface area contributed by atoms with Crippen LogP contribution in [0.5, 0.6) is 0 Å². The Balaban J connectivity index is 1.60. The summed E-state index contributed by atoms with van der Waals surface area (Å²) in [5.74, 6) is -0.352. The highest BCUT2D eigenvalue weighted by Crippen LogP contribution is 2.18. The van der Waals surface area contributed by atoms with E-state index in [1.807, 2.05) is 30.3 Å². The third kappa shape index (κ3) is 4.81. The van der Waals surface area contributed by atoms with E-state index in [2.05, 4.69) is 10.2 Å². The maximum absolute atomic E-state index is 12.2. The van der Waals surface area contributed by atoms with E-state index in [0.29, 0.717) is 6.54 Å². The van der Waals surface area contributed by atoms with Gasteiger partial charge in [-0.1, -0.05) is 12.1 Å². The van der Waals surface area contributed by atoms with Crippen LogP contribution in [-0.4, -0.2) is 51.5 Å². The molecule has 6 nitrogen and oxygen atoms in total. The number of nitrogens with zero attached hydrogens (tertiary/aromatic N) is 2. The molecule has 0 radical (unpaired) electrons. The molecule has 3 rings (SSSR count). The van der Waals surface area contributed by atoms with Crippen molar-refractivity contribution in [2.75, 3.05) is 44.4 Å². The van der Waals surface area contributed by atoms with Gasteiger partial charge in [0.2, 0.25) is 0 Å². The molecule has 2 aliphatic rings. The smallest absolute Gasteiger partial charge is 0.262 e. The first kappa shape index (κ1) is 17.5. The van der Waals surface area contributed by atoms with Crippen LogP contribution in [0.15, 0.2) is 29.8 Å². The molecule has 0 aliphatic carbocycles. The van der Waals surface area contributed by atoms with Gasteiger partial charge in [-0.2, -0.15) is 5.26 Å². The molecular formula is C19H23N3O3. The second kappa shape index (κ2) is 8.65. The molecule has 0 saturated carbocycles. The van der Waals surface area contributed by atoms with E-state index in [1.165, 1.54) is 0 Å². The lowest BCUT2D eigenvalue weighted by molar-refractivity contribution is -0.117. The zero-order valence-electron chi connectivity index (χ0n) is 14.2. The van der Waals surface area contributed by atoms with Gasteiger partial charge in [-0.15, -0.1) is 0 Å². The number of morpholine rings is 1. The van der Waals surface area contributed by atoms with Crippen LogP contribution in [0.3, 0.4) is 0 Å². The number of carbonyl (C=O) groups excluding carboxylic acids is 1. The molecule has 1 N–H and O–H groups in total. The number of nitriles is 1. The first-order valence-corrected chi connectivity index (χ1v) is 8.70. The standard InChI is InChI=1S/C19H23N3O3/c20-13-16(19(23)21-14-18-2-1-9-25-18)12-15-3-5-17(6-4-15)22-7-10-24-11-8-22/h3-6,12,18H,1-2,7-11,14H2,(H,21,23)/b16-12+/t18-/m1/s1. The number of benzene rings is 1. The van der Waals surface area contributed by atoms with Crippen molar-refractivity contribution in [3.63, 3.8) is 0 Å². The molecule has 2 aliphatic heterocycles. The predicted molar refractivity (Wildman–Crippen MR) is 95.0 cm³/mol. The maximum atomic E-state index is 12.2. The van der Waals surface area contributed by atoms with E-state index in [-0.39, 0.29) is 17.6 Å². The number of hydrogen-bond acceptors (Lipinski definition) is 5. The van der Waals surface area contributed by atoms with Gasteiger partial charge >= 0.3 is 0 Å². The number of nitrogens with one attached hydrogen (secondary N) is 1. The summed E-state index contributed by atoms with van der Waals surface area (Å²) in [7, 11) is 0. The molecule has 0 unspecified atom stereocenters. The summed E-state index contributed by atoms with van der Waals surface area (Å²) in [6, 6.07) is 9.86. The van der Waals surface area contributed by atoms with Gasteiger partial charge < -0.3 is 19.7 Å². The minimum atomic E-state index is -0.352. The topological polar surface area (TPSA) is 74.6 Å². The van der Waals surface area contributed by atoms with Crippen LogP contribution in [0.1, 0.15) is 18.4 Å². The van der Waals surface area contributed by atoms with Crippen LogP contribution in [0.2, 0.25) is 0 Å². The molecule has 2 heterocycles. The van der Waals surface area contributed by atoms with Crippen molar-refractivity contribution in [1.29, 1.82) is 5.26 Å². The molecule has 1 amide bonds. The zero-order valence-corrected chi connectivity index (χ0v) is 14.2. The summed E-state index contributed by atoms with van der Waals surface area (Å²) in [4.78, 5) is 14.4. The van der Waals surface area contributed by atoms with Gasteiger partial charge in [0.1, 0.15) is 11.6 Å². The van der Waals surface area contributed by atoms with E-state index in [4.69, 9.17) is 9.47 Å². The van der Waals surface area contributed by atoms with Crippen molar-refractivity contribution in [2.24, 2.45) is 0 Å². The molecule has 6 heteroatoms. The normalized spacial score (nSPS) is 21.0. The zero-order chi connectivity index (χ0) is 17.5. The van der Waals surface area contributed by atoms with Crippen LogP contribution in [0.25, 0.3) is 6.08 Å². The number of ether oxygens (including phenoxy) is 2. The lowest BCUT2D eigenvalue weighted by Crippen LogP contribution is -2.36. The van der Waals surface area contributed by atoms with Gasteiger partial charge in [0.15, 0.2) is 0 Å². The van der Waals surface area contributed by atoms with Crippen molar-refractivity contribution in [1.82, 2.24) is 5.32 Å². The van der Waals surface area contributed by atoms with Crippen LogP contribution >= 0.6 is 0 Å². The van der Waals surface area contributed by atoms with Gasteiger partial charge in [-0.25, -0.2) is 0 Å². The fourth-order valence-corrected chi connectivity index (χ4v) is 3.03. The van der Waals surface area contributed by atoms with Crippen molar-refractivity contribution < 1.29 is 14.3 Å². The summed E-state index contributed by atoms with van der Waals surface area (Å²) in [6.07, 6.45) is 3.66. The number of carbonyl (C=O) groups is 1. The molecule has 2 fully saturated rings. The number of amides is 1. The van der Waals surface area contributed by atoms with Crippen molar-refractivity contribution in [3.8, 4) is 6.07 Å². The van der Waals surface area contributed by atoms with E-state index in [1.54, 1.807) is 6.08 Å². The molecule has 1 atom stereocenters. The summed E-state index contributed by atoms with van der Waals surface area (Å²) in [5, 5.41) is 12.1. The maximum Gasteiger partial charge on any atom is 0.262 e. The average molecular weight is 341 g/mol. The van der Waals surface area contributed by atoms with E-state index < -0.39 is 0 Å². The monoisotopic (exact) mass is 341 g/mol. The quantitative estimate of drug-likeness (QED) is 0.652. The third-order valence-electron chi connectivity index (χ3n) is 4.46. The third-order valence-corrected chi connectivity index (χ3v) is 4.46. The molecule has 1 aromatic rings. The minimum Gasteiger partial charge on any atom is -0.378 e. The van der Waals surface area contributed by atoms with Crippen molar-refractivity contribution >= 4 is 17.7 Å². The first-order valence-electron chi connectivity index (χ1n) is 8.70. The number of rotatable bonds is 5. The highest BCUT2D eigenvalue weighted by Gasteiger charge is 2.17. The Morgan fingerprint density at radius 1 is 1.28 bits per heavy atom. The summed E-state index contributed by atoms with van der Waals surface area (Å²) in [6.45, 7) is 4.44. The van der Waals surface area contributed by atoms with Crippen LogP contribution < -0.4 is 10.2 Å². The Bertz CT molecular complexity index is 651. The highest BCUT2D eigenvalue weighted by molar-refractivity contribution is 6.01. The number of hydrogen-bond donors (Lipinski definition) is 1. The summed E-state index contributed by atoms with van der Waals surface area (Å²) < 4.78 is 10.8. The van der Waals surface area contributed by atoms with Gasteiger partial charge in [0.25, 0.3) is 5.91 Å². The highest BCUT2D eigenvalue weighted by atomic mass is 16.5. The Labute approximate surface area is 148 Å². The summed E-state index contributed by atoms with van der Waals surface area (Å²) >= 11 is 0. The Morgan fingerprint density at radius 2 is 2.04 bits per heavy atom. The van der Waals surface area contributed by atoms with Gasteiger partial charge in [0.05, 0.1) is 19.3 Å². The molecule has 0 aromatic heterocycles. The predicted octanol–water partition coefficient (Wildman–Crippen LogP) is 1.73. The second-order valence-electron chi connectivity index (χ2n) is 6.21. The molecule has 25 heavy (non-hydrogen) atoms.